The number of nitrogens with zero attached hydrogens (tertiary/aromatic N) is 1. The third kappa shape index (κ3) is 4.62. The molecule has 2 heterocycles. The molecule has 1 atom stereocenters. The van der Waals surface area contributed by atoms with Crippen molar-refractivity contribution in [1.82, 2.24) is 9.88 Å². The lowest BCUT2D eigenvalue weighted by molar-refractivity contribution is -0.115. The molecule has 0 saturated heterocycles. The minimum Gasteiger partial charge on any atom is -0.410 e. The zero-order chi connectivity index (χ0) is 24.5. The Kier molecular flexibility index (Phi) is 6.22. The van der Waals surface area contributed by atoms with Gasteiger partial charge in [-0.05, 0) is 66.9 Å². The highest BCUT2D eigenvalue weighted by Gasteiger charge is 2.35. The van der Waals surface area contributed by atoms with Gasteiger partial charge in [0.1, 0.15) is 11.8 Å². The van der Waals surface area contributed by atoms with Crippen molar-refractivity contribution in [2.75, 3.05) is 11.9 Å². The molecule has 2 amide bonds. The highest BCUT2D eigenvalue weighted by atomic mass is 35.5. The van der Waals surface area contributed by atoms with E-state index in [2.05, 4.69) is 10.3 Å². The van der Waals surface area contributed by atoms with Crippen molar-refractivity contribution in [3.63, 3.8) is 0 Å². The van der Waals surface area contributed by atoms with E-state index in [4.69, 9.17) is 16.3 Å². The first kappa shape index (κ1) is 23.0. The van der Waals surface area contributed by atoms with E-state index in [9.17, 15) is 9.59 Å². The number of carbonyl (C=O) groups is 2. The van der Waals surface area contributed by atoms with Gasteiger partial charge in [0.05, 0.1) is 0 Å². The smallest absolute Gasteiger partial charge is 0.410 e. The van der Waals surface area contributed by atoms with Gasteiger partial charge in [-0.3, -0.25) is 9.69 Å². The average molecular weight is 488 g/mol. The quantitative estimate of drug-likeness (QED) is 0.339. The number of nitrogens with one attached hydrogen (secondary N) is 2. The standard InChI is InChI=1S/C28H26ClN3O3/c1-3-25(33)30-20-9-6-18(7-10-20)27-26-22(23-16-19(29)8-13-24(23)31-26)14-15-32(27)28(34)35-21-11-4-17(2)5-12-21/h4-13,16,27,31H,3,14-15H2,1-2H3,(H,30,33). The van der Waals surface area contributed by atoms with E-state index in [0.29, 0.717) is 35.8 Å². The zero-order valence-corrected chi connectivity index (χ0v) is 20.4. The summed E-state index contributed by atoms with van der Waals surface area (Å²) in [6.07, 6.45) is 0.675. The molecule has 6 nitrogen and oxygen atoms in total. The fourth-order valence-corrected chi connectivity index (χ4v) is 4.74. The Labute approximate surface area is 208 Å². The molecule has 1 aliphatic heterocycles. The van der Waals surface area contributed by atoms with Gasteiger partial charge in [-0.25, -0.2) is 4.79 Å². The molecule has 0 radical (unpaired) electrons. The first-order valence-corrected chi connectivity index (χ1v) is 12.1. The summed E-state index contributed by atoms with van der Waals surface area (Å²) in [4.78, 5) is 30.5. The molecule has 0 saturated carbocycles. The van der Waals surface area contributed by atoms with Crippen LogP contribution in [0.15, 0.2) is 66.7 Å². The zero-order valence-electron chi connectivity index (χ0n) is 19.6. The molecule has 3 aromatic carbocycles. The van der Waals surface area contributed by atoms with Crippen LogP contribution in [0.5, 0.6) is 5.75 Å². The Hall–Kier alpha value is -3.77. The normalized spacial score (nSPS) is 15.1. The molecule has 178 valence electrons. The number of anilines is 1. The van der Waals surface area contributed by atoms with Gasteiger partial charge < -0.3 is 15.0 Å². The molecule has 5 rings (SSSR count). The maximum absolute atomic E-state index is 13.4. The number of carbonyl (C=O) groups excluding carboxylic acids is 2. The van der Waals surface area contributed by atoms with Crippen LogP contribution in [-0.4, -0.2) is 28.4 Å². The number of aromatic amines is 1. The van der Waals surface area contributed by atoms with Gasteiger partial charge in [-0.2, -0.15) is 0 Å². The van der Waals surface area contributed by atoms with Crippen molar-refractivity contribution in [2.24, 2.45) is 0 Å². The number of benzene rings is 3. The van der Waals surface area contributed by atoms with Gasteiger partial charge in [-0.15, -0.1) is 0 Å². The van der Waals surface area contributed by atoms with Gasteiger partial charge in [0.2, 0.25) is 5.91 Å². The van der Waals surface area contributed by atoms with Crippen LogP contribution in [-0.2, 0) is 11.2 Å². The third-order valence-corrected chi connectivity index (χ3v) is 6.62. The van der Waals surface area contributed by atoms with E-state index in [1.165, 1.54) is 0 Å². The third-order valence-electron chi connectivity index (χ3n) is 6.38. The first-order chi connectivity index (χ1) is 16.9. The number of hydrogen-bond acceptors (Lipinski definition) is 3. The summed E-state index contributed by atoms with van der Waals surface area (Å²) in [5.74, 6) is 0.458. The van der Waals surface area contributed by atoms with Crippen LogP contribution in [0.4, 0.5) is 10.5 Å². The van der Waals surface area contributed by atoms with Crippen LogP contribution in [0, 0.1) is 6.92 Å². The van der Waals surface area contributed by atoms with Crippen molar-refractivity contribution in [2.45, 2.75) is 32.7 Å². The number of rotatable bonds is 4. The predicted molar refractivity (Wildman–Crippen MR) is 138 cm³/mol. The molecule has 0 bridgehead atoms. The minimum atomic E-state index is -0.412. The van der Waals surface area contributed by atoms with Crippen LogP contribution in [0.25, 0.3) is 10.9 Å². The van der Waals surface area contributed by atoms with Crippen LogP contribution < -0.4 is 10.1 Å². The van der Waals surface area contributed by atoms with Gasteiger partial charge in [0.15, 0.2) is 0 Å². The summed E-state index contributed by atoms with van der Waals surface area (Å²) < 4.78 is 5.75. The molecule has 1 unspecified atom stereocenters. The molecule has 0 spiro atoms. The summed E-state index contributed by atoms with van der Waals surface area (Å²) in [6.45, 7) is 4.30. The first-order valence-electron chi connectivity index (χ1n) is 11.7. The maximum atomic E-state index is 13.4. The molecule has 2 N–H and O–H groups in total. The summed E-state index contributed by atoms with van der Waals surface area (Å²) in [5.41, 5.74) is 5.80. The van der Waals surface area contributed by atoms with Gasteiger partial charge in [-0.1, -0.05) is 48.4 Å². The molecule has 1 aromatic heterocycles. The van der Waals surface area contributed by atoms with Crippen LogP contribution in [0.3, 0.4) is 0 Å². The molecular weight excluding hydrogens is 462 g/mol. The lowest BCUT2D eigenvalue weighted by Crippen LogP contribution is -2.42. The summed E-state index contributed by atoms with van der Waals surface area (Å²) in [7, 11) is 0. The van der Waals surface area contributed by atoms with Gasteiger partial charge in [0.25, 0.3) is 0 Å². The lowest BCUT2D eigenvalue weighted by Gasteiger charge is -2.35. The molecule has 0 fully saturated rings. The van der Waals surface area contributed by atoms with Gasteiger partial charge in [0, 0.05) is 40.3 Å². The monoisotopic (exact) mass is 487 g/mol. The van der Waals surface area contributed by atoms with Crippen molar-refractivity contribution in [3.8, 4) is 5.75 Å². The highest BCUT2D eigenvalue weighted by molar-refractivity contribution is 6.31. The van der Waals surface area contributed by atoms with E-state index in [0.717, 1.165) is 33.3 Å². The average Bonchev–Trinajstić information content (AvgIpc) is 3.23. The van der Waals surface area contributed by atoms with Crippen molar-refractivity contribution in [3.05, 3.63) is 94.1 Å². The second-order valence-electron chi connectivity index (χ2n) is 8.76. The number of halogens is 1. The Balaban J connectivity index is 1.54. The minimum absolute atomic E-state index is 0.0477. The van der Waals surface area contributed by atoms with Crippen LogP contribution in [0.2, 0.25) is 5.02 Å². The second-order valence-corrected chi connectivity index (χ2v) is 9.19. The largest absolute Gasteiger partial charge is 0.416 e. The number of fused-ring (bicyclic) bond motifs is 3. The fraction of sp³-hybridized carbons (Fsp3) is 0.214. The second kappa shape index (κ2) is 9.47. The summed E-state index contributed by atoms with van der Waals surface area (Å²) in [5, 5.41) is 4.61. The van der Waals surface area contributed by atoms with Crippen molar-refractivity contribution < 1.29 is 14.3 Å². The number of H-pyrrole nitrogens is 1. The van der Waals surface area contributed by atoms with E-state index in [-0.39, 0.29) is 11.9 Å². The number of amides is 2. The fourth-order valence-electron chi connectivity index (χ4n) is 4.57. The van der Waals surface area contributed by atoms with Gasteiger partial charge >= 0.3 is 6.09 Å². The maximum Gasteiger partial charge on any atom is 0.416 e. The van der Waals surface area contributed by atoms with Crippen LogP contribution in [0.1, 0.15) is 41.8 Å². The molecular formula is C28H26ClN3O3. The molecule has 35 heavy (non-hydrogen) atoms. The Morgan fingerprint density at radius 3 is 2.54 bits per heavy atom. The van der Waals surface area contributed by atoms with Crippen molar-refractivity contribution >= 4 is 40.2 Å². The summed E-state index contributed by atoms with van der Waals surface area (Å²) >= 11 is 6.29. The number of hydrogen-bond donors (Lipinski definition) is 2. The predicted octanol–water partition coefficient (Wildman–Crippen LogP) is 6.62. The number of aryl methyl sites for hydroxylation is 1. The lowest BCUT2D eigenvalue weighted by atomic mass is 9.92. The highest BCUT2D eigenvalue weighted by Crippen LogP contribution is 2.39. The summed E-state index contributed by atoms with van der Waals surface area (Å²) in [6, 6.07) is 20.4. The molecule has 7 heteroatoms. The Bertz CT molecular complexity index is 1390. The van der Waals surface area contributed by atoms with E-state index in [1.807, 2.05) is 68.4 Å². The Morgan fingerprint density at radius 2 is 1.83 bits per heavy atom. The van der Waals surface area contributed by atoms with Crippen LogP contribution >= 0.6 is 11.6 Å². The van der Waals surface area contributed by atoms with E-state index < -0.39 is 6.09 Å². The molecule has 0 aliphatic carbocycles. The number of aromatic nitrogens is 1. The molecule has 4 aromatic rings. The Morgan fingerprint density at radius 1 is 1.09 bits per heavy atom. The SMILES string of the molecule is CCC(=O)Nc1ccc(C2c3[nH]c4ccc(Cl)cc4c3CCN2C(=O)Oc2ccc(C)cc2)cc1. The van der Waals surface area contributed by atoms with E-state index >= 15 is 0 Å². The number of ether oxygens (including phenoxy) is 1. The van der Waals surface area contributed by atoms with E-state index in [1.54, 1.807) is 17.0 Å². The topological polar surface area (TPSA) is 74.4 Å². The molecule has 1 aliphatic rings. The van der Waals surface area contributed by atoms with Crippen molar-refractivity contribution in [1.29, 1.82) is 0 Å².